The minimum Gasteiger partial charge on any atom is -0.493 e. The molecule has 0 saturated heterocycles. The van der Waals surface area contributed by atoms with Crippen molar-refractivity contribution in [1.29, 1.82) is 0 Å². The molecule has 0 unspecified atom stereocenters. The van der Waals surface area contributed by atoms with E-state index in [0.29, 0.717) is 11.5 Å². The van der Waals surface area contributed by atoms with E-state index in [9.17, 15) is 0 Å². The van der Waals surface area contributed by atoms with Crippen LogP contribution in [-0.4, -0.2) is 33.8 Å². The second-order valence-electron chi connectivity index (χ2n) is 6.45. The summed E-state index contributed by atoms with van der Waals surface area (Å²) < 4.78 is 12.6. The molecule has 28 heavy (non-hydrogen) atoms. The maximum absolute atomic E-state index is 5.46. The molecular formula is C20H21N5O2S. The lowest BCUT2D eigenvalue weighted by Crippen LogP contribution is -2.02. The SMILES string of the molecule is COc1ccc(-c2c(C)nn3c(Nc4ncc(C)s4)cc(C)nc23)cc1OC. The molecular weight excluding hydrogens is 374 g/mol. The molecule has 0 amide bonds. The Morgan fingerprint density at radius 2 is 1.82 bits per heavy atom. The number of nitrogens with one attached hydrogen (secondary N) is 1. The summed E-state index contributed by atoms with van der Waals surface area (Å²) in [6.07, 6.45) is 1.85. The van der Waals surface area contributed by atoms with Crippen LogP contribution in [0.4, 0.5) is 10.9 Å². The molecule has 0 aliphatic rings. The minimum absolute atomic E-state index is 0.669. The summed E-state index contributed by atoms with van der Waals surface area (Å²) in [5.41, 5.74) is 4.48. The Kier molecular flexibility index (Phi) is 4.64. The molecule has 4 rings (SSSR count). The summed E-state index contributed by atoms with van der Waals surface area (Å²) in [6.45, 7) is 5.98. The lowest BCUT2D eigenvalue weighted by atomic mass is 10.1. The van der Waals surface area contributed by atoms with Crippen LogP contribution in [0, 0.1) is 20.8 Å². The van der Waals surface area contributed by atoms with Gasteiger partial charge in [-0.2, -0.15) is 9.61 Å². The Labute approximate surface area is 167 Å². The number of nitrogens with zero attached hydrogens (tertiary/aromatic N) is 4. The van der Waals surface area contributed by atoms with Gasteiger partial charge in [0.2, 0.25) is 0 Å². The zero-order valence-corrected chi connectivity index (χ0v) is 17.2. The van der Waals surface area contributed by atoms with Gasteiger partial charge in [-0.15, -0.1) is 11.3 Å². The fourth-order valence-corrected chi connectivity index (χ4v) is 3.86. The summed E-state index contributed by atoms with van der Waals surface area (Å²) in [5.74, 6) is 2.18. The number of aryl methyl sites for hydroxylation is 3. The monoisotopic (exact) mass is 395 g/mol. The number of thiazole rings is 1. The van der Waals surface area contributed by atoms with Crippen LogP contribution in [-0.2, 0) is 0 Å². The number of benzene rings is 1. The summed E-state index contributed by atoms with van der Waals surface area (Å²) in [5, 5.41) is 8.92. The highest BCUT2D eigenvalue weighted by Crippen LogP contribution is 2.36. The standard InChI is InChI=1S/C20H21N5O2S/c1-11-8-17(23-20-21-10-12(2)28-20)25-19(22-11)18(13(3)24-25)14-6-7-15(26-4)16(9-14)27-5/h6-10H,1-5H3,(H,21,23). The highest BCUT2D eigenvalue weighted by molar-refractivity contribution is 7.15. The number of rotatable bonds is 5. The first-order valence-corrected chi connectivity index (χ1v) is 9.60. The Balaban J connectivity index is 1.88. The first-order valence-electron chi connectivity index (χ1n) is 8.79. The van der Waals surface area contributed by atoms with E-state index in [2.05, 4.69) is 10.3 Å². The second-order valence-corrected chi connectivity index (χ2v) is 7.68. The van der Waals surface area contributed by atoms with Gasteiger partial charge in [0.1, 0.15) is 5.82 Å². The zero-order chi connectivity index (χ0) is 19.8. The van der Waals surface area contributed by atoms with Crippen LogP contribution in [0.5, 0.6) is 11.5 Å². The van der Waals surface area contributed by atoms with Crippen LogP contribution in [0.2, 0.25) is 0 Å². The summed E-state index contributed by atoms with van der Waals surface area (Å²) in [6, 6.07) is 7.80. The Morgan fingerprint density at radius 1 is 1.04 bits per heavy atom. The van der Waals surface area contributed by atoms with Crippen molar-refractivity contribution in [3.05, 3.63) is 46.7 Å². The fraction of sp³-hybridized carbons (Fsp3) is 0.250. The number of fused-ring (bicyclic) bond motifs is 1. The van der Waals surface area contributed by atoms with E-state index in [-0.39, 0.29) is 0 Å². The molecule has 0 radical (unpaired) electrons. The number of aromatic nitrogens is 4. The molecule has 1 N–H and O–H groups in total. The smallest absolute Gasteiger partial charge is 0.188 e. The van der Waals surface area contributed by atoms with Crippen molar-refractivity contribution in [1.82, 2.24) is 19.6 Å². The number of hydrogen-bond donors (Lipinski definition) is 1. The van der Waals surface area contributed by atoms with Gasteiger partial charge < -0.3 is 14.8 Å². The van der Waals surface area contributed by atoms with Gasteiger partial charge in [0.15, 0.2) is 22.3 Å². The molecule has 1 aromatic carbocycles. The van der Waals surface area contributed by atoms with Crippen molar-refractivity contribution in [3.8, 4) is 22.6 Å². The van der Waals surface area contributed by atoms with Crippen LogP contribution < -0.4 is 14.8 Å². The van der Waals surface area contributed by atoms with E-state index in [4.69, 9.17) is 19.6 Å². The lowest BCUT2D eigenvalue weighted by Gasteiger charge is -2.10. The lowest BCUT2D eigenvalue weighted by molar-refractivity contribution is 0.355. The topological polar surface area (TPSA) is 73.6 Å². The minimum atomic E-state index is 0.669. The molecule has 3 aromatic heterocycles. The molecule has 0 saturated carbocycles. The Morgan fingerprint density at radius 3 is 2.50 bits per heavy atom. The molecule has 0 aliphatic carbocycles. The highest BCUT2D eigenvalue weighted by Gasteiger charge is 2.18. The number of anilines is 2. The number of hydrogen-bond acceptors (Lipinski definition) is 7. The maximum atomic E-state index is 5.46. The van der Waals surface area contributed by atoms with Gasteiger partial charge in [0.25, 0.3) is 0 Å². The molecule has 0 atom stereocenters. The third kappa shape index (κ3) is 3.16. The highest BCUT2D eigenvalue weighted by atomic mass is 32.1. The quantitative estimate of drug-likeness (QED) is 0.535. The Bertz CT molecular complexity index is 1170. The molecule has 0 aliphatic heterocycles. The largest absolute Gasteiger partial charge is 0.493 e. The maximum Gasteiger partial charge on any atom is 0.188 e. The molecule has 8 heteroatoms. The zero-order valence-electron chi connectivity index (χ0n) is 16.4. The molecule has 0 spiro atoms. The molecule has 0 bridgehead atoms. The predicted molar refractivity (Wildman–Crippen MR) is 111 cm³/mol. The van der Waals surface area contributed by atoms with E-state index < -0.39 is 0 Å². The van der Waals surface area contributed by atoms with Gasteiger partial charge >= 0.3 is 0 Å². The van der Waals surface area contributed by atoms with Crippen molar-refractivity contribution < 1.29 is 9.47 Å². The van der Waals surface area contributed by atoms with Crippen LogP contribution in [0.25, 0.3) is 16.8 Å². The molecule has 0 fully saturated rings. The van der Waals surface area contributed by atoms with Crippen molar-refractivity contribution >= 4 is 27.9 Å². The van der Waals surface area contributed by atoms with Gasteiger partial charge in [-0.05, 0) is 38.5 Å². The normalized spacial score (nSPS) is 11.0. The van der Waals surface area contributed by atoms with E-state index in [1.807, 2.05) is 55.7 Å². The van der Waals surface area contributed by atoms with Gasteiger partial charge in [0, 0.05) is 28.4 Å². The average molecular weight is 395 g/mol. The first kappa shape index (κ1) is 18.2. The van der Waals surface area contributed by atoms with E-state index in [1.54, 1.807) is 25.6 Å². The summed E-state index contributed by atoms with van der Waals surface area (Å²) >= 11 is 1.60. The van der Waals surface area contributed by atoms with Crippen LogP contribution in [0.3, 0.4) is 0 Å². The molecule has 3 heterocycles. The number of ether oxygens (including phenoxy) is 2. The molecule has 7 nitrogen and oxygen atoms in total. The van der Waals surface area contributed by atoms with Crippen LogP contribution in [0.1, 0.15) is 16.3 Å². The first-order chi connectivity index (χ1) is 13.5. The van der Waals surface area contributed by atoms with Gasteiger partial charge in [-0.1, -0.05) is 6.07 Å². The van der Waals surface area contributed by atoms with Crippen molar-refractivity contribution in [2.75, 3.05) is 19.5 Å². The van der Waals surface area contributed by atoms with Gasteiger partial charge in [-0.25, -0.2) is 9.97 Å². The van der Waals surface area contributed by atoms with Crippen molar-refractivity contribution in [2.45, 2.75) is 20.8 Å². The van der Waals surface area contributed by atoms with E-state index >= 15 is 0 Å². The Hall–Kier alpha value is -3.13. The van der Waals surface area contributed by atoms with E-state index in [1.165, 1.54) is 0 Å². The van der Waals surface area contributed by atoms with Crippen LogP contribution >= 0.6 is 11.3 Å². The third-order valence-corrected chi connectivity index (χ3v) is 5.25. The second kappa shape index (κ2) is 7.12. The third-order valence-electron chi connectivity index (χ3n) is 4.42. The summed E-state index contributed by atoms with van der Waals surface area (Å²) in [4.78, 5) is 10.3. The molecule has 4 aromatic rings. The van der Waals surface area contributed by atoms with Gasteiger partial charge in [0.05, 0.1) is 19.9 Å². The van der Waals surface area contributed by atoms with E-state index in [0.717, 1.165) is 44.0 Å². The average Bonchev–Trinajstić information content (AvgIpc) is 3.23. The van der Waals surface area contributed by atoms with Crippen molar-refractivity contribution in [2.24, 2.45) is 0 Å². The fourth-order valence-electron chi connectivity index (χ4n) is 3.19. The number of methoxy groups -OCH3 is 2. The summed E-state index contributed by atoms with van der Waals surface area (Å²) in [7, 11) is 3.26. The van der Waals surface area contributed by atoms with Gasteiger partial charge in [-0.3, -0.25) is 0 Å². The molecule has 144 valence electrons. The van der Waals surface area contributed by atoms with Crippen molar-refractivity contribution in [3.63, 3.8) is 0 Å². The van der Waals surface area contributed by atoms with Crippen LogP contribution in [0.15, 0.2) is 30.5 Å². The predicted octanol–water partition coefficient (Wildman–Crippen LogP) is 4.54.